The molecule has 0 aromatic heterocycles. The molecule has 2 bridgehead atoms. The van der Waals surface area contributed by atoms with Crippen LogP contribution in [0.3, 0.4) is 0 Å². The van der Waals surface area contributed by atoms with Gasteiger partial charge in [-0.25, -0.2) is 4.79 Å². The lowest BCUT2D eigenvalue weighted by molar-refractivity contribution is -0.265. The molecule has 0 radical (unpaired) electrons. The zero-order chi connectivity index (χ0) is 48.2. The average Bonchev–Trinajstić information content (AvgIpc) is 3.28. The van der Waals surface area contributed by atoms with Crippen LogP contribution in [0.4, 0.5) is 0 Å². The number of hydrogen-bond donors (Lipinski definition) is 3. The van der Waals surface area contributed by atoms with E-state index in [2.05, 4.69) is 0 Å². The van der Waals surface area contributed by atoms with Gasteiger partial charge in [0.25, 0.3) is 11.7 Å². The van der Waals surface area contributed by atoms with Gasteiger partial charge in [0, 0.05) is 58.5 Å². The largest absolute Gasteiger partial charge is 0.460 e. The van der Waals surface area contributed by atoms with Gasteiger partial charge in [-0.15, -0.1) is 0 Å². The predicted octanol–water partition coefficient (Wildman–Crippen LogP) is 6.18. The first-order chi connectivity index (χ1) is 30.7. The molecular formula is C51H79NO13. The zero-order valence-electron chi connectivity index (χ0n) is 40.6. The molecule has 4 aliphatic rings. The Labute approximate surface area is 387 Å². The van der Waals surface area contributed by atoms with E-state index in [0.29, 0.717) is 63.4 Å². The van der Waals surface area contributed by atoms with Crippen LogP contribution >= 0.6 is 0 Å². The van der Waals surface area contributed by atoms with Crippen LogP contribution in [-0.2, 0) is 47.7 Å². The van der Waals surface area contributed by atoms with Crippen LogP contribution in [0.25, 0.3) is 0 Å². The van der Waals surface area contributed by atoms with Gasteiger partial charge in [0.1, 0.15) is 18.2 Å². The quantitative estimate of drug-likeness (QED) is 0.202. The van der Waals surface area contributed by atoms with Crippen molar-refractivity contribution in [2.45, 2.75) is 180 Å². The van der Waals surface area contributed by atoms with Crippen molar-refractivity contribution in [1.82, 2.24) is 4.90 Å². The number of ketones is 3. The highest BCUT2D eigenvalue weighted by Gasteiger charge is 2.53. The number of allylic oxidation sites excluding steroid dienone is 6. The number of ether oxygens (including phenoxy) is 5. The van der Waals surface area contributed by atoms with Crippen LogP contribution in [-0.4, -0.2) is 132 Å². The molecule has 14 nitrogen and oxygen atoms in total. The normalized spacial score (nSPS) is 37.8. The van der Waals surface area contributed by atoms with Crippen LogP contribution in [0.1, 0.15) is 126 Å². The van der Waals surface area contributed by atoms with E-state index in [4.69, 9.17) is 23.7 Å². The zero-order valence-corrected chi connectivity index (χ0v) is 40.6. The Morgan fingerprint density at radius 2 is 1.58 bits per heavy atom. The molecule has 3 heterocycles. The summed E-state index contributed by atoms with van der Waals surface area (Å²) in [5, 5.41) is 33.9. The van der Waals surface area contributed by atoms with Gasteiger partial charge in [0.05, 0.1) is 30.5 Å². The van der Waals surface area contributed by atoms with Crippen molar-refractivity contribution in [1.29, 1.82) is 0 Å². The van der Waals surface area contributed by atoms with Gasteiger partial charge in [-0.1, -0.05) is 71.1 Å². The SMILES string of the molecule is CO[C@H]1C[C@@H]2CC[C@@H](C)[C@@](O)(O2)C(=O)C(=O)N2CCCC[C@H]2C(=O)OC([C@H](C)C[C@@H]2CC[C@@H](O)[C@H](OC)C2)CC(=O)C(C)=CC(C)[C@H](O)[C@H](OC)C(=O)[C@H](C)C[C@H](C)C=CC=CC=C1C. The van der Waals surface area contributed by atoms with Gasteiger partial charge < -0.3 is 43.9 Å². The molecule has 3 N–H and O–H groups in total. The maximum Gasteiger partial charge on any atom is 0.329 e. The molecule has 4 rings (SSSR count). The van der Waals surface area contributed by atoms with Crippen molar-refractivity contribution in [3.63, 3.8) is 0 Å². The average molecular weight is 914 g/mol. The summed E-state index contributed by atoms with van der Waals surface area (Å²) < 4.78 is 29.4. The molecule has 0 spiro atoms. The molecule has 15 atom stereocenters. The van der Waals surface area contributed by atoms with Gasteiger partial charge in [-0.3, -0.25) is 19.2 Å². The topological polar surface area (TPSA) is 195 Å². The highest BCUT2D eigenvalue weighted by molar-refractivity contribution is 6.39. The predicted molar refractivity (Wildman–Crippen MR) is 245 cm³/mol. The second-order valence-corrected chi connectivity index (χ2v) is 19.6. The van der Waals surface area contributed by atoms with Crippen LogP contribution in [0.2, 0.25) is 0 Å². The third-order valence-corrected chi connectivity index (χ3v) is 14.5. The number of esters is 1. The number of methoxy groups -OCH3 is 3. The summed E-state index contributed by atoms with van der Waals surface area (Å²) in [4.78, 5) is 71.7. The Morgan fingerprint density at radius 3 is 2.26 bits per heavy atom. The number of fused-ring (bicyclic) bond motifs is 3. The summed E-state index contributed by atoms with van der Waals surface area (Å²) >= 11 is 0. The van der Waals surface area contributed by atoms with E-state index in [1.165, 1.54) is 12.0 Å². The number of cyclic esters (lactones) is 1. The molecule has 3 aliphatic heterocycles. The van der Waals surface area contributed by atoms with Crippen molar-refractivity contribution in [3.05, 3.63) is 47.6 Å². The first kappa shape index (κ1) is 54.2. The van der Waals surface area contributed by atoms with Crippen molar-refractivity contribution >= 4 is 29.2 Å². The van der Waals surface area contributed by atoms with Crippen LogP contribution < -0.4 is 0 Å². The number of piperidine rings is 1. The Morgan fingerprint density at radius 1 is 0.862 bits per heavy atom. The fourth-order valence-electron chi connectivity index (χ4n) is 10.1. The first-order valence-corrected chi connectivity index (χ1v) is 23.9. The lowest BCUT2D eigenvalue weighted by Crippen LogP contribution is -2.61. The smallest absolute Gasteiger partial charge is 0.329 e. The monoisotopic (exact) mass is 914 g/mol. The minimum Gasteiger partial charge on any atom is -0.460 e. The summed E-state index contributed by atoms with van der Waals surface area (Å²) in [5.74, 6) is -7.93. The summed E-state index contributed by atoms with van der Waals surface area (Å²) in [7, 11) is 4.53. The lowest BCUT2D eigenvalue weighted by atomic mass is 9.78. The van der Waals surface area contributed by atoms with Crippen molar-refractivity contribution in [3.8, 4) is 0 Å². The van der Waals surface area contributed by atoms with E-state index in [-0.39, 0.29) is 54.8 Å². The molecular weight excluding hydrogens is 835 g/mol. The van der Waals surface area contributed by atoms with Crippen LogP contribution in [0, 0.1) is 35.5 Å². The number of Topliss-reactive ketones (excluding diaryl/α,β-unsaturated/α-hetero) is 3. The Hall–Kier alpha value is -3.37. The van der Waals surface area contributed by atoms with E-state index < -0.39 is 83.9 Å². The van der Waals surface area contributed by atoms with E-state index >= 15 is 0 Å². The molecule has 2 unspecified atom stereocenters. The third kappa shape index (κ3) is 14.3. The number of carbonyl (C=O) groups is 5. The summed E-state index contributed by atoms with van der Waals surface area (Å²) in [6.45, 7) is 12.7. The molecule has 2 saturated heterocycles. The van der Waals surface area contributed by atoms with Crippen LogP contribution in [0.15, 0.2) is 47.6 Å². The number of rotatable bonds is 6. The molecule has 1 aliphatic carbocycles. The maximum absolute atomic E-state index is 14.4. The van der Waals surface area contributed by atoms with Crippen molar-refractivity contribution in [2.24, 2.45) is 35.5 Å². The molecule has 1 saturated carbocycles. The highest BCUT2D eigenvalue weighted by Crippen LogP contribution is 2.38. The van der Waals surface area contributed by atoms with E-state index in [1.54, 1.807) is 41.1 Å². The molecule has 0 aromatic rings. The molecule has 14 heteroatoms. The maximum atomic E-state index is 14.4. The van der Waals surface area contributed by atoms with E-state index in [1.807, 2.05) is 58.1 Å². The number of aliphatic hydroxyl groups excluding tert-OH is 2. The van der Waals surface area contributed by atoms with E-state index in [0.717, 1.165) is 12.0 Å². The van der Waals surface area contributed by atoms with Gasteiger partial charge in [-0.05, 0) is 107 Å². The Balaban J connectivity index is 1.70. The fraction of sp³-hybridized carbons (Fsp3) is 0.745. The second kappa shape index (κ2) is 25.1. The Bertz CT molecular complexity index is 1760. The standard InChI is InChI=1S/C51H79NO13/c1-30-16-12-11-13-17-31(2)42(61-8)28-38-21-19-36(7)51(60,65-38)48(57)49(58)52-23-15-14-18-39(52)50(59)64-43(33(4)26-37-20-22-40(53)44(27-37)62-9)29-41(54)32(3)25-35(6)46(56)47(63-10)45(55)34(5)24-30/h11-13,16-17,25,30,33-40,42-44,46-47,53,56,60H,14-15,18-24,26-29H2,1-10H3/t30-,33-,34-,35?,36-,37+,38+,39+,40-,42+,43?,44-,46+,47-,51-/m1/s1. The molecule has 3 fully saturated rings. The molecule has 366 valence electrons. The number of amides is 1. The number of nitrogens with zero attached hydrogens (tertiary/aromatic N) is 1. The summed E-state index contributed by atoms with van der Waals surface area (Å²) in [5.41, 5.74) is 1.19. The second-order valence-electron chi connectivity index (χ2n) is 19.6. The fourth-order valence-corrected chi connectivity index (χ4v) is 10.1. The third-order valence-electron chi connectivity index (χ3n) is 14.5. The van der Waals surface area contributed by atoms with Gasteiger partial charge >= 0.3 is 5.97 Å². The number of aliphatic hydroxyl groups is 3. The minimum absolute atomic E-state index is 0.0220. The van der Waals surface area contributed by atoms with Gasteiger partial charge in [0.2, 0.25) is 5.79 Å². The highest BCUT2D eigenvalue weighted by atomic mass is 16.6. The molecule has 0 aromatic carbocycles. The van der Waals surface area contributed by atoms with Gasteiger partial charge in [0.15, 0.2) is 11.6 Å². The Kier molecular flexibility index (Phi) is 21.0. The summed E-state index contributed by atoms with van der Waals surface area (Å²) in [6.07, 6.45) is 11.2. The lowest BCUT2D eigenvalue weighted by Gasteiger charge is -2.42. The van der Waals surface area contributed by atoms with Crippen molar-refractivity contribution < 1.29 is 63.0 Å². The first-order valence-electron chi connectivity index (χ1n) is 23.9. The summed E-state index contributed by atoms with van der Waals surface area (Å²) in [6, 6.07) is -1.14. The van der Waals surface area contributed by atoms with E-state index in [9.17, 15) is 39.3 Å². The minimum atomic E-state index is -2.43. The number of carbonyl (C=O) groups excluding carboxylic acids is 5. The van der Waals surface area contributed by atoms with Crippen molar-refractivity contribution in [2.75, 3.05) is 27.9 Å². The number of hydrogen-bond acceptors (Lipinski definition) is 13. The molecule has 1 amide bonds. The van der Waals surface area contributed by atoms with Crippen LogP contribution in [0.5, 0.6) is 0 Å². The molecule has 65 heavy (non-hydrogen) atoms. The van der Waals surface area contributed by atoms with Gasteiger partial charge in [-0.2, -0.15) is 0 Å².